The van der Waals surface area contributed by atoms with Gasteiger partial charge in [-0.05, 0) is 22.9 Å². The van der Waals surface area contributed by atoms with Gasteiger partial charge in [0.05, 0.1) is 11.4 Å². The van der Waals surface area contributed by atoms with E-state index in [9.17, 15) is 8.42 Å². The standard InChI is InChI=1S/C13H12N2O2S2/c16-19(17,18-13-14-7-8-15-13)12-6-5-10-3-1-2-4-11(10)9-12/h1-6,9H,7-8H2,(H,14,15). The van der Waals surface area contributed by atoms with Crippen LogP contribution in [0.3, 0.4) is 0 Å². The van der Waals surface area contributed by atoms with Gasteiger partial charge in [-0.3, -0.25) is 4.99 Å². The Bertz CT molecular complexity index is 754. The fraction of sp³-hybridized carbons (Fsp3) is 0.154. The number of rotatable bonds is 2. The summed E-state index contributed by atoms with van der Waals surface area (Å²) in [6, 6.07) is 12.9. The first-order chi connectivity index (χ1) is 9.15. The minimum Gasteiger partial charge on any atom is -0.362 e. The lowest BCUT2D eigenvalue weighted by atomic mass is 10.1. The van der Waals surface area contributed by atoms with Gasteiger partial charge >= 0.3 is 0 Å². The number of amidine groups is 1. The monoisotopic (exact) mass is 292 g/mol. The van der Waals surface area contributed by atoms with Gasteiger partial charge in [0, 0.05) is 17.3 Å². The summed E-state index contributed by atoms with van der Waals surface area (Å²) in [5, 5.41) is 5.39. The van der Waals surface area contributed by atoms with Crippen molar-refractivity contribution in [1.82, 2.24) is 5.32 Å². The lowest BCUT2D eigenvalue weighted by Crippen LogP contribution is -2.17. The molecule has 0 saturated heterocycles. The summed E-state index contributed by atoms with van der Waals surface area (Å²) < 4.78 is 24.5. The van der Waals surface area contributed by atoms with Crippen LogP contribution in [0.2, 0.25) is 0 Å². The molecule has 0 saturated carbocycles. The highest BCUT2D eigenvalue weighted by atomic mass is 33.1. The van der Waals surface area contributed by atoms with E-state index in [0.29, 0.717) is 23.2 Å². The third kappa shape index (κ3) is 2.59. The van der Waals surface area contributed by atoms with E-state index in [1.54, 1.807) is 12.1 Å². The van der Waals surface area contributed by atoms with Crippen molar-refractivity contribution in [2.45, 2.75) is 4.90 Å². The molecule has 0 unspecified atom stereocenters. The van der Waals surface area contributed by atoms with Crippen molar-refractivity contribution >= 4 is 35.6 Å². The van der Waals surface area contributed by atoms with Crippen LogP contribution >= 0.6 is 10.8 Å². The van der Waals surface area contributed by atoms with Crippen molar-refractivity contribution < 1.29 is 8.42 Å². The predicted octanol–water partition coefficient (Wildman–Crippen LogP) is 2.22. The second-order valence-electron chi connectivity index (χ2n) is 4.16. The molecule has 1 aliphatic heterocycles. The van der Waals surface area contributed by atoms with Crippen LogP contribution in [0.25, 0.3) is 10.8 Å². The molecule has 0 fully saturated rings. The maximum absolute atomic E-state index is 12.3. The summed E-state index contributed by atoms with van der Waals surface area (Å²) in [5.74, 6) is 0. The van der Waals surface area contributed by atoms with E-state index in [1.807, 2.05) is 30.3 Å². The summed E-state index contributed by atoms with van der Waals surface area (Å²) in [6.07, 6.45) is 0. The van der Waals surface area contributed by atoms with Crippen molar-refractivity contribution in [3.8, 4) is 0 Å². The van der Waals surface area contributed by atoms with Gasteiger partial charge in [-0.2, -0.15) is 0 Å². The van der Waals surface area contributed by atoms with Gasteiger partial charge in [-0.1, -0.05) is 30.3 Å². The van der Waals surface area contributed by atoms with Gasteiger partial charge in [0.2, 0.25) is 8.87 Å². The molecule has 1 N–H and O–H groups in total. The van der Waals surface area contributed by atoms with Crippen LogP contribution in [0.5, 0.6) is 0 Å². The largest absolute Gasteiger partial charge is 0.362 e. The van der Waals surface area contributed by atoms with E-state index in [1.165, 1.54) is 0 Å². The summed E-state index contributed by atoms with van der Waals surface area (Å²) in [7, 11) is -2.63. The highest BCUT2D eigenvalue weighted by molar-refractivity contribution is 8.77. The topological polar surface area (TPSA) is 58.5 Å². The number of benzene rings is 2. The molecular formula is C13H12N2O2S2. The number of aliphatic imine (C=N–C) groups is 1. The number of nitrogens with zero attached hydrogens (tertiary/aromatic N) is 1. The van der Waals surface area contributed by atoms with E-state index in [4.69, 9.17) is 0 Å². The molecule has 1 heterocycles. The van der Waals surface area contributed by atoms with Crippen molar-refractivity contribution in [3.63, 3.8) is 0 Å². The van der Waals surface area contributed by atoms with Gasteiger partial charge in [0.25, 0.3) is 0 Å². The molecule has 0 atom stereocenters. The molecule has 19 heavy (non-hydrogen) atoms. The molecule has 0 aliphatic carbocycles. The lowest BCUT2D eigenvalue weighted by molar-refractivity contribution is 0.611. The zero-order valence-electron chi connectivity index (χ0n) is 10.0. The van der Waals surface area contributed by atoms with Crippen molar-refractivity contribution in [1.29, 1.82) is 0 Å². The Morgan fingerprint density at radius 3 is 2.63 bits per heavy atom. The van der Waals surface area contributed by atoms with E-state index >= 15 is 0 Å². The second-order valence-corrected chi connectivity index (χ2v) is 7.91. The van der Waals surface area contributed by atoms with Crippen molar-refractivity contribution in [2.24, 2.45) is 4.99 Å². The number of hydrogen-bond donors (Lipinski definition) is 1. The van der Waals surface area contributed by atoms with Crippen LogP contribution in [0, 0.1) is 0 Å². The summed E-state index contributed by atoms with van der Waals surface area (Å²) in [5.41, 5.74) is 0. The van der Waals surface area contributed by atoms with E-state index < -0.39 is 8.87 Å². The third-order valence-electron chi connectivity index (χ3n) is 2.84. The molecular weight excluding hydrogens is 280 g/mol. The maximum atomic E-state index is 12.3. The van der Waals surface area contributed by atoms with E-state index in [0.717, 1.165) is 21.6 Å². The Kier molecular flexibility index (Phi) is 3.20. The SMILES string of the molecule is O=S(=O)(SC1=NCCN1)c1ccc2ccccc2c1. The molecule has 0 amide bonds. The van der Waals surface area contributed by atoms with Crippen LogP contribution in [0.15, 0.2) is 52.4 Å². The number of hydrogen-bond acceptors (Lipinski definition) is 5. The Labute approximate surface area is 115 Å². The predicted molar refractivity (Wildman–Crippen MR) is 79.0 cm³/mol. The summed E-state index contributed by atoms with van der Waals surface area (Å²) in [6.45, 7) is 1.34. The zero-order valence-corrected chi connectivity index (χ0v) is 11.7. The Morgan fingerprint density at radius 1 is 1.11 bits per heavy atom. The smallest absolute Gasteiger partial charge is 0.237 e. The normalized spacial score (nSPS) is 15.3. The van der Waals surface area contributed by atoms with Crippen LogP contribution < -0.4 is 5.32 Å². The van der Waals surface area contributed by atoms with Gasteiger partial charge in [0.1, 0.15) is 0 Å². The Hall–Kier alpha value is -1.53. The average molecular weight is 292 g/mol. The van der Waals surface area contributed by atoms with Gasteiger partial charge < -0.3 is 5.32 Å². The molecule has 6 heteroatoms. The first-order valence-electron chi connectivity index (χ1n) is 5.87. The molecule has 0 radical (unpaired) electrons. The van der Waals surface area contributed by atoms with Crippen molar-refractivity contribution in [2.75, 3.05) is 13.1 Å². The van der Waals surface area contributed by atoms with Gasteiger partial charge in [-0.15, -0.1) is 0 Å². The van der Waals surface area contributed by atoms with Crippen LogP contribution in [-0.2, 0) is 8.87 Å². The lowest BCUT2D eigenvalue weighted by Gasteiger charge is -2.05. The fourth-order valence-electron chi connectivity index (χ4n) is 1.91. The van der Waals surface area contributed by atoms with Crippen LogP contribution in [-0.4, -0.2) is 26.7 Å². The first kappa shape index (κ1) is 12.5. The fourth-order valence-corrected chi connectivity index (χ4v) is 4.58. The van der Waals surface area contributed by atoms with Crippen molar-refractivity contribution in [3.05, 3.63) is 42.5 Å². The maximum Gasteiger partial charge on any atom is 0.237 e. The van der Waals surface area contributed by atoms with E-state index in [2.05, 4.69) is 10.3 Å². The molecule has 4 nitrogen and oxygen atoms in total. The summed E-state index contributed by atoms with van der Waals surface area (Å²) >= 11 is 0. The van der Waals surface area contributed by atoms with E-state index in [-0.39, 0.29) is 0 Å². The highest BCUT2D eigenvalue weighted by Crippen LogP contribution is 2.27. The molecule has 3 rings (SSSR count). The minimum atomic E-state index is -3.41. The number of fused-ring (bicyclic) bond motifs is 1. The molecule has 2 aromatic carbocycles. The molecule has 98 valence electrons. The van der Waals surface area contributed by atoms with Crippen LogP contribution in [0.4, 0.5) is 0 Å². The highest BCUT2D eigenvalue weighted by Gasteiger charge is 2.20. The van der Waals surface area contributed by atoms with Gasteiger partial charge in [-0.25, -0.2) is 8.42 Å². The Balaban J connectivity index is 1.98. The average Bonchev–Trinajstić information content (AvgIpc) is 2.90. The van der Waals surface area contributed by atoms with Gasteiger partial charge in [0.15, 0.2) is 5.17 Å². The number of nitrogens with one attached hydrogen (secondary N) is 1. The Morgan fingerprint density at radius 2 is 1.89 bits per heavy atom. The molecule has 0 aromatic heterocycles. The molecule has 0 bridgehead atoms. The molecule has 2 aromatic rings. The zero-order chi connectivity index (χ0) is 13.3. The first-order valence-corrected chi connectivity index (χ1v) is 8.68. The second kappa shape index (κ2) is 4.86. The third-order valence-corrected chi connectivity index (χ3v) is 6.03. The molecule has 0 spiro atoms. The minimum absolute atomic E-state index is 0.313. The summed E-state index contributed by atoms with van der Waals surface area (Å²) in [4.78, 5) is 4.41. The quantitative estimate of drug-likeness (QED) is 0.862. The van der Waals surface area contributed by atoms with Crippen LogP contribution in [0.1, 0.15) is 0 Å². The molecule has 1 aliphatic rings.